The van der Waals surface area contributed by atoms with Crippen LogP contribution in [0.2, 0.25) is 0 Å². The van der Waals surface area contributed by atoms with Gasteiger partial charge in [0.1, 0.15) is 5.75 Å². The van der Waals surface area contributed by atoms with Crippen LogP contribution in [-0.2, 0) is 10.0 Å². The van der Waals surface area contributed by atoms with Crippen LogP contribution in [0.3, 0.4) is 0 Å². The molecule has 0 aliphatic heterocycles. The molecule has 164 valence electrons. The molecule has 0 atom stereocenters. The van der Waals surface area contributed by atoms with Gasteiger partial charge in [0.05, 0.1) is 30.9 Å². The minimum absolute atomic E-state index is 0.105. The van der Waals surface area contributed by atoms with Gasteiger partial charge in [-0.25, -0.2) is 4.83 Å². The Morgan fingerprint density at radius 1 is 0.900 bits per heavy atom. The number of rotatable bonds is 13. The second-order valence-electron chi connectivity index (χ2n) is 6.45. The third kappa shape index (κ3) is 7.26. The van der Waals surface area contributed by atoms with Crippen LogP contribution in [-0.4, -0.2) is 34.5 Å². The van der Waals surface area contributed by atoms with Crippen LogP contribution < -0.4 is 19.0 Å². The highest BCUT2D eigenvalue weighted by Gasteiger charge is 2.12. The topological polar surface area (TPSA) is 86.2 Å². The maximum Gasteiger partial charge on any atom is 0.276 e. The van der Waals surface area contributed by atoms with Crippen molar-refractivity contribution in [3.05, 3.63) is 48.0 Å². The molecule has 0 unspecified atom stereocenters. The fourth-order valence-corrected chi connectivity index (χ4v) is 3.42. The molecule has 0 spiro atoms. The van der Waals surface area contributed by atoms with Crippen molar-refractivity contribution in [1.82, 2.24) is 4.83 Å². The van der Waals surface area contributed by atoms with Crippen molar-refractivity contribution >= 4 is 16.2 Å². The number of unbranched alkanes of at least 4 members (excludes halogenated alkanes) is 2. The Hall–Kier alpha value is -2.74. The van der Waals surface area contributed by atoms with E-state index in [4.69, 9.17) is 14.2 Å². The molecular formula is C22H30N2O5S. The van der Waals surface area contributed by atoms with E-state index in [0.29, 0.717) is 42.6 Å². The van der Waals surface area contributed by atoms with Crippen molar-refractivity contribution in [2.75, 3.05) is 19.8 Å². The van der Waals surface area contributed by atoms with Gasteiger partial charge in [-0.05, 0) is 68.3 Å². The lowest BCUT2D eigenvalue weighted by atomic mass is 10.2. The first kappa shape index (κ1) is 23.5. The number of ether oxygens (including phenoxy) is 3. The summed E-state index contributed by atoms with van der Waals surface area (Å²) in [7, 11) is -3.77. The molecule has 0 saturated heterocycles. The molecule has 0 aromatic heterocycles. The summed E-state index contributed by atoms with van der Waals surface area (Å²) in [4.78, 5) is 2.32. The van der Waals surface area contributed by atoms with Crippen LogP contribution in [0.1, 0.15) is 45.6 Å². The summed E-state index contributed by atoms with van der Waals surface area (Å²) in [5.74, 6) is 1.88. The SMILES string of the molecule is CCCCCOc1ccc(/C=N/NS(=O)(=O)c2ccc(OCC)cc2)cc1OCC. The average molecular weight is 435 g/mol. The lowest BCUT2D eigenvalue weighted by molar-refractivity contribution is 0.271. The molecule has 0 radical (unpaired) electrons. The maximum absolute atomic E-state index is 12.4. The molecule has 30 heavy (non-hydrogen) atoms. The Kier molecular flexibility index (Phi) is 9.47. The summed E-state index contributed by atoms with van der Waals surface area (Å²) < 4.78 is 41.5. The molecule has 2 aromatic carbocycles. The van der Waals surface area contributed by atoms with Gasteiger partial charge in [-0.2, -0.15) is 13.5 Å². The summed E-state index contributed by atoms with van der Waals surface area (Å²) in [6, 6.07) is 11.5. The fourth-order valence-electron chi connectivity index (χ4n) is 2.63. The van der Waals surface area contributed by atoms with Crippen LogP contribution in [0, 0.1) is 0 Å². The van der Waals surface area contributed by atoms with Gasteiger partial charge in [0.2, 0.25) is 0 Å². The Balaban J connectivity index is 2.04. The van der Waals surface area contributed by atoms with E-state index in [1.54, 1.807) is 30.3 Å². The van der Waals surface area contributed by atoms with Crippen LogP contribution in [0.25, 0.3) is 0 Å². The summed E-state index contributed by atoms with van der Waals surface area (Å²) in [6.45, 7) is 7.54. The first-order chi connectivity index (χ1) is 14.5. The summed E-state index contributed by atoms with van der Waals surface area (Å²) >= 11 is 0. The number of sulfonamides is 1. The van der Waals surface area contributed by atoms with Crippen molar-refractivity contribution < 1.29 is 22.6 Å². The van der Waals surface area contributed by atoms with E-state index < -0.39 is 10.0 Å². The average Bonchev–Trinajstić information content (AvgIpc) is 2.73. The molecular weight excluding hydrogens is 404 g/mol. The lowest BCUT2D eigenvalue weighted by Gasteiger charge is -2.12. The third-order valence-electron chi connectivity index (χ3n) is 4.10. The van der Waals surface area contributed by atoms with Gasteiger partial charge in [0, 0.05) is 0 Å². The summed E-state index contributed by atoms with van der Waals surface area (Å²) in [6.07, 6.45) is 4.65. The van der Waals surface area contributed by atoms with Gasteiger partial charge < -0.3 is 14.2 Å². The predicted octanol–water partition coefficient (Wildman–Crippen LogP) is 4.37. The summed E-state index contributed by atoms with van der Waals surface area (Å²) in [5, 5.41) is 3.88. The van der Waals surface area contributed by atoms with Gasteiger partial charge in [-0.1, -0.05) is 19.8 Å². The normalized spacial score (nSPS) is 11.4. The van der Waals surface area contributed by atoms with Gasteiger partial charge in [-0.15, -0.1) is 0 Å². The van der Waals surface area contributed by atoms with E-state index in [0.717, 1.165) is 19.3 Å². The number of hydrogen-bond acceptors (Lipinski definition) is 6. The highest BCUT2D eigenvalue weighted by molar-refractivity contribution is 7.89. The minimum atomic E-state index is -3.77. The molecule has 7 nitrogen and oxygen atoms in total. The Labute approximate surface area is 179 Å². The van der Waals surface area contributed by atoms with Gasteiger partial charge in [0.15, 0.2) is 11.5 Å². The van der Waals surface area contributed by atoms with Crippen molar-refractivity contribution in [2.24, 2.45) is 5.10 Å². The van der Waals surface area contributed by atoms with Crippen molar-refractivity contribution in [2.45, 2.75) is 44.9 Å². The maximum atomic E-state index is 12.4. The predicted molar refractivity (Wildman–Crippen MR) is 118 cm³/mol. The largest absolute Gasteiger partial charge is 0.494 e. The van der Waals surface area contributed by atoms with Crippen LogP contribution in [0.4, 0.5) is 0 Å². The molecule has 0 saturated carbocycles. The number of benzene rings is 2. The fraction of sp³-hybridized carbons (Fsp3) is 0.409. The van der Waals surface area contributed by atoms with E-state index in [1.165, 1.54) is 18.3 Å². The van der Waals surface area contributed by atoms with Crippen molar-refractivity contribution in [1.29, 1.82) is 0 Å². The quantitative estimate of drug-likeness (QED) is 0.287. The molecule has 8 heteroatoms. The third-order valence-corrected chi connectivity index (χ3v) is 5.34. The van der Waals surface area contributed by atoms with Crippen LogP contribution in [0.5, 0.6) is 17.2 Å². The molecule has 0 aliphatic rings. The zero-order chi connectivity index (χ0) is 21.8. The summed E-state index contributed by atoms with van der Waals surface area (Å²) in [5.41, 5.74) is 0.689. The smallest absolute Gasteiger partial charge is 0.276 e. The molecule has 1 N–H and O–H groups in total. The molecule has 0 bridgehead atoms. The van der Waals surface area contributed by atoms with Gasteiger partial charge in [-0.3, -0.25) is 0 Å². The van der Waals surface area contributed by atoms with E-state index in [1.807, 2.05) is 13.8 Å². The van der Waals surface area contributed by atoms with Crippen LogP contribution >= 0.6 is 0 Å². The highest BCUT2D eigenvalue weighted by Crippen LogP contribution is 2.28. The van der Waals surface area contributed by atoms with E-state index in [9.17, 15) is 8.42 Å². The zero-order valence-corrected chi connectivity index (χ0v) is 18.6. The first-order valence-electron chi connectivity index (χ1n) is 10.2. The standard InChI is InChI=1S/C22H30N2O5S/c1-4-7-8-15-29-21-14-9-18(16-22(21)28-6-3)17-23-24-30(25,26)20-12-10-19(11-13-20)27-5-2/h9-14,16-17,24H,4-8,15H2,1-3H3/b23-17+. The molecule has 0 fully saturated rings. The first-order valence-corrected chi connectivity index (χ1v) is 11.7. The second-order valence-corrected chi connectivity index (χ2v) is 8.11. The Morgan fingerprint density at radius 3 is 2.30 bits per heavy atom. The number of nitrogens with zero attached hydrogens (tertiary/aromatic N) is 1. The highest BCUT2D eigenvalue weighted by atomic mass is 32.2. The zero-order valence-electron chi connectivity index (χ0n) is 17.8. The Bertz CT molecular complexity index is 912. The van der Waals surface area contributed by atoms with E-state index in [2.05, 4.69) is 16.9 Å². The minimum Gasteiger partial charge on any atom is -0.494 e. The second kappa shape index (κ2) is 12.1. The van der Waals surface area contributed by atoms with Gasteiger partial charge in [0.25, 0.3) is 10.0 Å². The number of hydrazone groups is 1. The number of nitrogens with one attached hydrogen (secondary N) is 1. The Morgan fingerprint density at radius 2 is 1.63 bits per heavy atom. The molecule has 0 amide bonds. The van der Waals surface area contributed by atoms with Gasteiger partial charge >= 0.3 is 0 Å². The van der Waals surface area contributed by atoms with Crippen molar-refractivity contribution in [3.8, 4) is 17.2 Å². The number of hydrogen-bond donors (Lipinski definition) is 1. The molecule has 0 aliphatic carbocycles. The monoisotopic (exact) mass is 434 g/mol. The molecule has 0 heterocycles. The van der Waals surface area contributed by atoms with Crippen LogP contribution in [0.15, 0.2) is 52.5 Å². The lowest BCUT2D eigenvalue weighted by Crippen LogP contribution is -2.18. The van der Waals surface area contributed by atoms with Crippen molar-refractivity contribution in [3.63, 3.8) is 0 Å². The van der Waals surface area contributed by atoms with E-state index >= 15 is 0 Å². The molecule has 2 aromatic rings. The van der Waals surface area contributed by atoms with E-state index in [-0.39, 0.29) is 4.90 Å². The molecule has 2 rings (SSSR count).